The summed E-state index contributed by atoms with van der Waals surface area (Å²) in [7, 11) is 0. The van der Waals surface area contributed by atoms with Crippen LogP contribution in [0.1, 0.15) is 57.3 Å². The Morgan fingerprint density at radius 2 is 2.29 bits per heavy atom. The molecular weight excluding hydrogens is 322 g/mol. The van der Waals surface area contributed by atoms with Gasteiger partial charge in [0.1, 0.15) is 5.00 Å². The lowest BCUT2D eigenvalue weighted by Crippen LogP contribution is -2.20. The lowest BCUT2D eigenvalue weighted by molar-refractivity contribution is 0.1000. The number of carbonyl (C=O) groups excluding carboxylic acids is 2. The predicted molar refractivity (Wildman–Crippen MR) is 95.5 cm³/mol. The minimum Gasteiger partial charge on any atom is -0.365 e. The van der Waals surface area contributed by atoms with Gasteiger partial charge in [-0.25, -0.2) is 0 Å². The number of nitrogens with zero attached hydrogens (tertiary/aromatic N) is 1. The molecule has 0 radical (unpaired) electrons. The van der Waals surface area contributed by atoms with Crippen molar-refractivity contribution in [2.24, 2.45) is 11.7 Å². The maximum Gasteiger partial charge on any atom is 0.257 e. The molecule has 0 unspecified atom stereocenters. The summed E-state index contributed by atoms with van der Waals surface area (Å²) in [5, 5.41) is 3.42. The third-order valence-corrected chi connectivity index (χ3v) is 5.63. The van der Waals surface area contributed by atoms with Gasteiger partial charge < -0.3 is 11.1 Å². The van der Waals surface area contributed by atoms with E-state index in [-0.39, 0.29) is 5.91 Å². The van der Waals surface area contributed by atoms with Crippen molar-refractivity contribution in [2.45, 2.75) is 39.0 Å². The fraction of sp³-hybridized carbons (Fsp3) is 0.389. The zero-order valence-electron chi connectivity index (χ0n) is 13.7. The largest absolute Gasteiger partial charge is 0.365 e. The number of thiophene rings is 1. The van der Waals surface area contributed by atoms with Gasteiger partial charge in [-0.3, -0.25) is 14.6 Å². The average molecular weight is 343 g/mol. The fourth-order valence-electron chi connectivity index (χ4n) is 3.33. The normalized spacial score (nSPS) is 16.5. The van der Waals surface area contributed by atoms with Crippen LogP contribution in [0.3, 0.4) is 0 Å². The third-order valence-electron chi connectivity index (χ3n) is 4.46. The zero-order valence-corrected chi connectivity index (χ0v) is 14.5. The molecule has 0 spiro atoms. The molecular formula is C18H21N3O2S. The number of nitrogens with one attached hydrogen (secondary N) is 1. The Balaban J connectivity index is 1.88. The van der Waals surface area contributed by atoms with Crippen LogP contribution in [0.4, 0.5) is 5.00 Å². The smallest absolute Gasteiger partial charge is 0.257 e. The fourth-order valence-corrected chi connectivity index (χ4v) is 4.69. The second kappa shape index (κ2) is 7.13. The summed E-state index contributed by atoms with van der Waals surface area (Å²) in [6, 6.07) is 3.40. The van der Waals surface area contributed by atoms with Gasteiger partial charge in [-0.1, -0.05) is 19.8 Å². The first-order valence-electron chi connectivity index (χ1n) is 8.25. The van der Waals surface area contributed by atoms with Gasteiger partial charge in [-0.05, 0) is 42.9 Å². The maximum absolute atomic E-state index is 12.4. The number of primary amides is 1. The molecule has 0 saturated heterocycles. The molecule has 2 heterocycles. The minimum atomic E-state index is -0.470. The molecule has 2 aromatic rings. The topological polar surface area (TPSA) is 85.1 Å². The summed E-state index contributed by atoms with van der Waals surface area (Å²) >= 11 is 1.49. The standard InChI is InChI=1S/C18H21N3O2S/c1-2-4-11-6-7-13-14(9-11)24-18(15(13)16(19)22)21-17(23)12-5-3-8-20-10-12/h3,5,8,10-11H,2,4,6-7,9H2,1H3,(H2,19,22)(H,21,23)/t11-/m1/s1. The molecule has 0 bridgehead atoms. The van der Waals surface area contributed by atoms with Gasteiger partial charge in [-0.15, -0.1) is 11.3 Å². The molecule has 1 aliphatic rings. The summed E-state index contributed by atoms with van der Waals surface area (Å²) in [4.78, 5) is 29.5. The average Bonchev–Trinajstić information content (AvgIpc) is 2.93. The van der Waals surface area contributed by atoms with E-state index < -0.39 is 5.91 Å². The highest BCUT2D eigenvalue weighted by molar-refractivity contribution is 7.17. The van der Waals surface area contributed by atoms with Crippen molar-refractivity contribution < 1.29 is 9.59 Å². The first-order chi connectivity index (χ1) is 11.6. The molecule has 5 nitrogen and oxygen atoms in total. The summed E-state index contributed by atoms with van der Waals surface area (Å²) in [6.07, 6.45) is 8.38. The van der Waals surface area contributed by atoms with Crippen molar-refractivity contribution in [3.05, 3.63) is 46.1 Å². The van der Waals surface area contributed by atoms with Crippen LogP contribution in [0, 0.1) is 5.92 Å². The van der Waals surface area contributed by atoms with Crippen LogP contribution in [0.5, 0.6) is 0 Å². The van der Waals surface area contributed by atoms with E-state index in [2.05, 4.69) is 17.2 Å². The first-order valence-corrected chi connectivity index (χ1v) is 9.07. The highest BCUT2D eigenvalue weighted by atomic mass is 32.1. The quantitative estimate of drug-likeness (QED) is 0.872. The number of pyridine rings is 1. The highest BCUT2D eigenvalue weighted by Gasteiger charge is 2.28. The Hall–Kier alpha value is -2.21. The van der Waals surface area contributed by atoms with E-state index in [0.29, 0.717) is 22.0 Å². The summed E-state index contributed by atoms with van der Waals surface area (Å²) in [5.41, 5.74) is 7.57. The second-order valence-electron chi connectivity index (χ2n) is 6.17. The van der Waals surface area contributed by atoms with Crippen molar-refractivity contribution in [1.82, 2.24) is 4.98 Å². The number of anilines is 1. The van der Waals surface area contributed by atoms with Crippen LogP contribution in [-0.4, -0.2) is 16.8 Å². The highest BCUT2D eigenvalue weighted by Crippen LogP contribution is 2.40. The number of carbonyl (C=O) groups is 2. The molecule has 0 aromatic carbocycles. The Morgan fingerprint density at radius 1 is 1.46 bits per heavy atom. The van der Waals surface area contributed by atoms with E-state index in [9.17, 15) is 9.59 Å². The van der Waals surface area contributed by atoms with Crippen molar-refractivity contribution in [3.8, 4) is 0 Å². The number of nitrogens with two attached hydrogens (primary N) is 1. The van der Waals surface area contributed by atoms with Crippen molar-refractivity contribution in [2.75, 3.05) is 5.32 Å². The van der Waals surface area contributed by atoms with E-state index in [1.807, 2.05) is 0 Å². The van der Waals surface area contributed by atoms with Crippen LogP contribution in [0.15, 0.2) is 24.5 Å². The summed E-state index contributed by atoms with van der Waals surface area (Å²) < 4.78 is 0. The van der Waals surface area contributed by atoms with Gasteiger partial charge >= 0.3 is 0 Å². The third kappa shape index (κ3) is 3.33. The van der Waals surface area contributed by atoms with Gasteiger partial charge in [0, 0.05) is 17.3 Å². The zero-order chi connectivity index (χ0) is 17.1. The molecule has 1 aliphatic carbocycles. The van der Waals surface area contributed by atoms with E-state index in [4.69, 9.17) is 5.73 Å². The number of hydrogen-bond acceptors (Lipinski definition) is 4. The summed E-state index contributed by atoms with van der Waals surface area (Å²) in [6.45, 7) is 2.19. The minimum absolute atomic E-state index is 0.269. The Morgan fingerprint density at radius 3 is 2.96 bits per heavy atom. The molecule has 0 fully saturated rings. The molecule has 3 N–H and O–H groups in total. The molecule has 24 heavy (non-hydrogen) atoms. The Bertz CT molecular complexity index is 755. The Labute approximate surface area is 145 Å². The number of hydrogen-bond donors (Lipinski definition) is 2. The van der Waals surface area contributed by atoms with Crippen molar-refractivity contribution in [3.63, 3.8) is 0 Å². The first kappa shape index (κ1) is 16.6. The van der Waals surface area contributed by atoms with E-state index in [1.54, 1.807) is 18.3 Å². The molecule has 0 aliphatic heterocycles. The number of amides is 2. The van der Waals surface area contributed by atoms with Crippen molar-refractivity contribution >= 4 is 28.2 Å². The molecule has 3 rings (SSSR count). The molecule has 1 atom stereocenters. The maximum atomic E-state index is 12.4. The predicted octanol–water partition coefficient (Wildman–Crippen LogP) is 3.40. The van der Waals surface area contributed by atoms with Gasteiger partial charge in [0.25, 0.3) is 11.8 Å². The van der Waals surface area contributed by atoms with Gasteiger partial charge in [0.2, 0.25) is 0 Å². The number of fused-ring (bicyclic) bond motifs is 1. The van der Waals surface area contributed by atoms with Gasteiger partial charge in [-0.2, -0.15) is 0 Å². The van der Waals surface area contributed by atoms with Crippen LogP contribution in [0.2, 0.25) is 0 Å². The molecule has 126 valence electrons. The van der Waals surface area contributed by atoms with E-state index >= 15 is 0 Å². The molecule has 0 saturated carbocycles. The lowest BCUT2D eigenvalue weighted by atomic mass is 9.84. The van der Waals surface area contributed by atoms with Gasteiger partial charge in [0.15, 0.2) is 0 Å². The van der Waals surface area contributed by atoms with E-state index in [0.717, 1.165) is 24.8 Å². The van der Waals surface area contributed by atoms with Crippen LogP contribution in [0.25, 0.3) is 0 Å². The summed E-state index contributed by atoms with van der Waals surface area (Å²) in [5.74, 6) is -0.0824. The SMILES string of the molecule is CCC[C@@H]1CCc2c(sc(NC(=O)c3cccnc3)c2C(N)=O)C1. The lowest BCUT2D eigenvalue weighted by Gasteiger charge is -2.21. The second-order valence-corrected chi connectivity index (χ2v) is 7.27. The van der Waals surface area contributed by atoms with Crippen LogP contribution >= 0.6 is 11.3 Å². The number of rotatable bonds is 5. The van der Waals surface area contributed by atoms with Crippen molar-refractivity contribution in [1.29, 1.82) is 0 Å². The van der Waals surface area contributed by atoms with Crippen LogP contribution in [-0.2, 0) is 12.8 Å². The monoisotopic (exact) mass is 343 g/mol. The molecule has 6 heteroatoms. The van der Waals surface area contributed by atoms with Crippen LogP contribution < -0.4 is 11.1 Å². The Kier molecular flexibility index (Phi) is 4.94. The van der Waals surface area contributed by atoms with E-state index in [1.165, 1.54) is 35.3 Å². The molecule has 2 amide bonds. The van der Waals surface area contributed by atoms with Gasteiger partial charge in [0.05, 0.1) is 11.1 Å². The molecule has 2 aromatic heterocycles. The number of aromatic nitrogens is 1.